The summed E-state index contributed by atoms with van der Waals surface area (Å²) in [4.78, 5) is 15.7. The van der Waals surface area contributed by atoms with Crippen molar-refractivity contribution in [1.29, 1.82) is 0 Å². The Kier molecular flexibility index (Phi) is 5.28. The van der Waals surface area contributed by atoms with Crippen molar-refractivity contribution in [3.8, 4) is 0 Å². The van der Waals surface area contributed by atoms with Crippen molar-refractivity contribution in [1.82, 2.24) is 15.6 Å². The van der Waals surface area contributed by atoms with Crippen molar-refractivity contribution in [3.05, 3.63) is 29.6 Å². The molecule has 0 aliphatic carbocycles. The van der Waals surface area contributed by atoms with Crippen LogP contribution in [0.4, 0.5) is 0 Å². The molecule has 0 unspecified atom stereocenters. The van der Waals surface area contributed by atoms with Crippen LogP contribution in [0, 0.1) is 6.92 Å². The highest BCUT2D eigenvalue weighted by molar-refractivity contribution is 5.76. The van der Waals surface area contributed by atoms with Gasteiger partial charge >= 0.3 is 0 Å². The molecule has 0 aliphatic heterocycles. The minimum Gasteiger partial charge on any atom is -0.351 e. The van der Waals surface area contributed by atoms with E-state index in [1.54, 1.807) is 6.20 Å². The van der Waals surface area contributed by atoms with Gasteiger partial charge in [-0.05, 0) is 44.9 Å². The third-order valence-electron chi connectivity index (χ3n) is 2.51. The standard InChI is InChI=1S/C14H23N3O/c1-11-5-7-15-9-12(11)10-16-8-6-13(18)17-14(2,3)4/h5,7,9,16H,6,8,10H2,1-4H3,(H,17,18). The Bertz CT molecular complexity index is 396. The molecular formula is C14H23N3O. The van der Waals surface area contributed by atoms with Gasteiger partial charge in [-0.2, -0.15) is 0 Å². The molecule has 0 saturated carbocycles. The molecule has 1 rings (SSSR count). The zero-order valence-electron chi connectivity index (χ0n) is 11.7. The minimum atomic E-state index is -0.156. The van der Waals surface area contributed by atoms with Crippen molar-refractivity contribution in [2.75, 3.05) is 6.54 Å². The SMILES string of the molecule is Cc1ccncc1CNCCC(=O)NC(C)(C)C. The van der Waals surface area contributed by atoms with E-state index in [-0.39, 0.29) is 11.4 Å². The number of nitrogens with zero attached hydrogens (tertiary/aromatic N) is 1. The van der Waals surface area contributed by atoms with E-state index in [4.69, 9.17) is 0 Å². The first-order chi connectivity index (χ1) is 8.38. The third-order valence-corrected chi connectivity index (χ3v) is 2.51. The Morgan fingerprint density at radius 2 is 2.11 bits per heavy atom. The molecule has 4 nitrogen and oxygen atoms in total. The summed E-state index contributed by atoms with van der Waals surface area (Å²) in [5.41, 5.74) is 2.24. The lowest BCUT2D eigenvalue weighted by atomic mass is 10.1. The molecule has 1 aromatic heterocycles. The van der Waals surface area contributed by atoms with Crippen LogP contribution in [-0.4, -0.2) is 23.0 Å². The normalized spacial score (nSPS) is 11.3. The first-order valence-electron chi connectivity index (χ1n) is 6.30. The zero-order valence-corrected chi connectivity index (χ0v) is 11.7. The van der Waals surface area contributed by atoms with E-state index in [1.807, 2.05) is 33.0 Å². The number of carbonyl (C=O) groups excluding carboxylic acids is 1. The highest BCUT2D eigenvalue weighted by Gasteiger charge is 2.12. The number of rotatable bonds is 5. The highest BCUT2D eigenvalue weighted by atomic mass is 16.1. The van der Waals surface area contributed by atoms with E-state index in [1.165, 1.54) is 11.1 Å². The van der Waals surface area contributed by atoms with Gasteiger partial charge in [-0.3, -0.25) is 9.78 Å². The Morgan fingerprint density at radius 3 is 2.72 bits per heavy atom. The van der Waals surface area contributed by atoms with Crippen molar-refractivity contribution >= 4 is 5.91 Å². The lowest BCUT2D eigenvalue weighted by Gasteiger charge is -2.20. The fourth-order valence-electron chi connectivity index (χ4n) is 1.59. The molecule has 1 amide bonds. The predicted molar refractivity (Wildman–Crippen MR) is 73.2 cm³/mol. The molecular weight excluding hydrogens is 226 g/mol. The fourth-order valence-corrected chi connectivity index (χ4v) is 1.59. The number of pyridine rings is 1. The Hall–Kier alpha value is -1.42. The first kappa shape index (κ1) is 14.6. The van der Waals surface area contributed by atoms with Crippen LogP contribution in [0.15, 0.2) is 18.5 Å². The molecule has 0 spiro atoms. The Morgan fingerprint density at radius 1 is 1.39 bits per heavy atom. The van der Waals surface area contributed by atoms with Crippen molar-refractivity contribution in [3.63, 3.8) is 0 Å². The largest absolute Gasteiger partial charge is 0.351 e. The maximum Gasteiger partial charge on any atom is 0.221 e. The highest BCUT2D eigenvalue weighted by Crippen LogP contribution is 2.04. The average molecular weight is 249 g/mol. The van der Waals surface area contributed by atoms with Gasteiger partial charge in [0.25, 0.3) is 0 Å². The topological polar surface area (TPSA) is 54.0 Å². The first-order valence-corrected chi connectivity index (χ1v) is 6.30. The number of nitrogens with one attached hydrogen (secondary N) is 2. The van der Waals surface area contributed by atoms with E-state index in [2.05, 4.69) is 22.5 Å². The summed E-state index contributed by atoms with van der Waals surface area (Å²) in [6.45, 7) is 9.44. The van der Waals surface area contributed by atoms with E-state index < -0.39 is 0 Å². The summed E-state index contributed by atoms with van der Waals surface area (Å²) in [7, 11) is 0. The van der Waals surface area contributed by atoms with E-state index >= 15 is 0 Å². The molecule has 4 heteroatoms. The van der Waals surface area contributed by atoms with Gasteiger partial charge in [0.1, 0.15) is 0 Å². The molecule has 0 atom stereocenters. The van der Waals surface area contributed by atoms with Crippen LogP contribution in [0.25, 0.3) is 0 Å². The summed E-state index contributed by atoms with van der Waals surface area (Å²) in [5, 5.41) is 6.20. The van der Waals surface area contributed by atoms with Crippen LogP contribution >= 0.6 is 0 Å². The van der Waals surface area contributed by atoms with Crippen LogP contribution in [0.2, 0.25) is 0 Å². The van der Waals surface area contributed by atoms with Gasteiger partial charge in [-0.1, -0.05) is 0 Å². The second-order valence-electron chi connectivity index (χ2n) is 5.53. The molecule has 100 valence electrons. The molecule has 2 N–H and O–H groups in total. The summed E-state index contributed by atoms with van der Waals surface area (Å²) in [5.74, 6) is 0.0814. The van der Waals surface area contributed by atoms with Crippen molar-refractivity contribution < 1.29 is 4.79 Å². The number of hydrogen-bond donors (Lipinski definition) is 2. The molecule has 0 radical (unpaired) electrons. The van der Waals surface area contributed by atoms with Crippen LogP contribution in [0.1, 0.15) is 38.3 Å². The number of hydrogen-bond acceptors (Lipinski definition) is 3. The average Bonchev–Trinajstić information content (AvgIpc) is 2.24. The molecule has 0 aromatic carbocycles. The van der Waals surface area contributed by atoms with Crippen molar-refractivity contribution in [2.24, 2.45) is 0 Å². The monoisotopic (exact) mass is 249 g/mol. The predicted octanol–water partition coefficient (Wildman–Crippen LogP) is 1.78. The van der Waals surface area contributed by atoms with Crippen molar-refractivity contribution in [2.45, 2.75) is 46.2 Å². The van der Waals surface area contributed by atoms with Gasteiger partial charge in [-0.15, -0.1) is 0 Å². The lowest BCUT2D eigenvalue weighted by molar-refractivity contribution is -0.122. The molecule has 0 bridgehead atoms. The van der Waals surface area contributed by atoms with Crippen LogP contribution in [0.5, 0.6) is 0 Å². The third kappa shape index (κ3) is 5.77. The van der Waals surface area contributed by atoms with Crippen LogP contribution < -0.4 is 10.6 Å². The van der Waals surface area contributed by atoms with E-state index in [0.717, 1.165) is 6.54 Å². The molecule has 18 heavy (non-hydrogen) atoms. The zero-order chi connectivity index (χ0) is 13.6. The molecule has 0 fully saturated rings. The molecule has 0 saturated heterocycles. The maximum atomic E-state index is 11.6. The van der Waals surface area contributed by atoms with Gasteiger partial charge in [0.05, 0.1) is 0 Å². The Balaban J connectivity index is 2.23. The second-order valence-corrected chi connectivity index (χ2v) is 5.53. The summed E-state index contributed by atoms with van der Waals surface area (Å²) in [6, 6.07) is 1.99. The quantitative estimate of drug-likeness (QED) is 0.782. The van der Waals surface area contributed by atoms with Gasteiger partial charge in [-0.25, -0.2) is 0 Å². The molecule has 1 aromatic rings. The van der Waals surface area contributed by atoms with E-state index in [0.29, 0.717) is 13.0 Å². The summed E-state index contributed by atoms with van der Waals surface area (Å²) < 4.78 is 0. The lowest BCUT2D eigenvalue weighted by Crippen LogP contribution is -2.41. The number of carbonyl (C=O) groups is 1. The second kappa shape index (κ2) is 6.50. The molecule has 1 heterocycles. The van der Waals surface area contributed by atoms with Gasteiger partial charge in [0.15, 0.2) is 0 Å². The van der Waals surface area contributed by atoms with Gasteiger partial charge < -0.3 is 10.6 Å². The van der Waals surface area contributed by atoms with Crippen LogP contribution in [-0.2, 0) is 11.3 Å². The minimum absolute atomic E-state index is 0.0814. The number of amides is 1. The maximum absolute atomic E-state index is 11.6. The smallest absolute Gasteiger partial charge is 0.221 e. The van der Waals surface area contributed by atoms with Crippen LogP contribution in [0.3, 0.4) is 0 Å². The Labute approximate surface area is 109 Å². The number of aryl methyl sites for hydroxylation is 1. The van der Waals surface area contributed by atoms with Gasteiger partial charge in [0, 0.05) is 37.4 Å². The molecule has 0 aliphatic rings. The van der Waals surface area contributed by atoms with E-state index in [9.17, 15) is 4.79 Å². The van der Waals surface area contributed by atoms with Gasteiger partial charge in [0.2, 0.25) is 5.91 Å². The number of aromatic nitrogens is 1. The fraction of sp³-hybridized carbons (Fsp3) is 0.571. The summed E-state index contributed by atoms with van der Waals surface area (Å²) in [6.07, 6.45) is 4.14. The summed E-state index contributed by atoms with van der Waals surface area (Å²) >= 11 is 0.